The van der Waals surface area contributed by atoms with Crippen molar-refractivity contribution in [2.45, 2.75) is 19.5 Å². The summed E-state index contributed by atoms with van der Waals surface area (Å²) >= 11 is 0. The van der Waals surface area contributed by atoms with Gasteiger partial charge < -0.3 is 5.32 Å². The van der Waals surface area contributed by atoms with Gasteiger partial charge in [-0.2, -0.15) is 13.2 Å². The predicted molar refractivity (Wildman–Crippen MR) is 99.7 cm³/mol. The van der Waals surface area contributed by atoms with Crippen LogP contribution >= 0.6 is 0 Å². The van der Waals surface area contributed by atoms with Gasteiger partial charge in [-0.15, -0.1) is 0 Å². The molecule has 3 aromatic carbocycles. The Morgan fingerprint density at radius 1 is 0.966 bits per heavy atom. The van der Waals surface area contributed by atoms with Crippen molar-refractivity contribution in [3.63, 3.8) is 0 Å². The van der Waals surface area contributed by atoms with E-state index in [0.717, 1.165) is 18.2 Å². The first-order chi connectivity index (χ1) is 13.6. The van der Waals surface area contributed by atoms with Gasteiger partial charge in [0.05, 0.1) is 11.1 Å². The second-order valence-corrected chi connectivity index (χ2v) is 6.56. The van der Waals surface area contributed by atoms with Crippen LogP contribution < -0.4 is 5.32 Å². The summed E-state index contributed by atoms with van der Waals surface area (Å²) in [6.45, 7) is 1.61. The van der Waals surface area contributed by atoms with Gasteiger partial charge in [0, 0.05) is 5.69 Å². The molecule has 3 aromatic rings. The standard InChI is InChI=1S/C22H16F5NO/c1-13-3-2-4-19(24)20(13)21(29)28-17-8-5-14(6-9-17)11-15-12-16(23)7-10-18(15)22(25,26)27/h2-10,12H,11H2,1H3,(H,28,29). The van der Waals surface area contributed by atoms with Gasteiger partial charge in [0.25, 0.3) is 5.91 Å². The molecule has 0 spiro atoms. The number of anilines is 1. The lowest BCUT2D eigenvalue weighted by Gasteiger charge is -2.13. The van der Waals surface area contributed by atoms with Crippen molar-refractivity contribution < 1.29 is 26.7 Å². The summed E-state index contributed by atoms with van der Waals surface area (Å²) in [6, 6.07) is 12.7. The van der Waals surface area contributed by atoms with E-state index in [1.807, 2.05) is 0 Å². The number of aryl methyl sites for hydroxylation is 1. The molecule has 0 saturated heterocycles. The van der Waals surface area contributed by atoms with Gasteiger partial charge >= 0.3 is 6.18 Å². The first-order valence-corrected chi connectivity index (χ1v) is 8.66. The van der Waals surface area contributed by atoms with Gasteiger partial charge in [-0.1, -0.05) is 24.3 Å². The number of hydrogen-bond acceptors (Lipinski definition) is 1. The van der Waals surface area contributed by atoms with Crippen LogP contribution in [-0.4, -0.2) is 5.91 Å². The van der Waals surface area contributed by atoms with E-state index in [0.29, 0.717) is 16.8 Å². The van der Waals surface area contributed by atoms with Gasteiger partial charge in [0.1, 0.15) is 11.6 Å². The van der Waals surface area contributed by atoms with E-state index < -0.39 is 29.3 Å². The van der Waals surface area contributed by atoms with Crippen molar-refractivity contribution in [1.82, 2.24) is 0 Å². The van der Waals surface area contributed by atoms with Crippen LogP contribution in [0, 0.1) is 18.6 Å². The maximum Gasteiger partial charge on any atom is 0.416 e. The Labute approximate surface area is 164 Å². The molecule has 0 aromatic heterocycles. The van der Waals surface area contributed by atoms with E-state index in [2.05, 4.69) is 5.32 Å². The molecule has 0 unspecified atom stereocenters. The molecule has 1 N–H and O–H groups in total. The minimum atomic E-state index is -4.59. The molecule has 0 bridgehead atoms. The molecule has 0 aliphatic heterocycles. The summed E-state index contributed by atoms with van der Waals surface area (Å²) in [5.74, 6) is -2.03. The van der Waals surface area contributed by atoms with Gasteiger partial charge in [-0.3, -0.25) is 4.79 Å². The van der Waals surface area contributed by atoms with Crippen LogP contribution in [0.3, 0.4) is 0 Å². The maximum atomic E-state index is 13.9. The lowest BCUT2D eigenvalue weighted by molar-refractivity contribution is -0.138. The Morgan fingerprint density at radius 2 is 1.66 bits per heavy atom. The van der Waals surface area contributed by atoms with Crippen LogP contribution in [0.4, 0.5) is 27.6 Å². The predicted octanol–water partition coefficient (Wildman–Crippen LogP) is 6.14. The summed E-state index contributed by atoms with van der Waals surface area (Å²) in [5.41, 5.74) is 0.177. The van der Waals surface area contributed by atoms with Crippen molar-refractivity contribution in [3.05, 3.63) is 100 Å². The Balaban J connectivity index is 1.78. The number of halogens is 5. The molecule has 0 heterocycles. The van der Waals surface area contributed by atoms with Crippen molar-refractivity contribution in [1.29, 1.82) is 0 Å². The van der Waals surface area contributed by atoms with Crippen LogP contribution in [0.2, 0.25) is 0 Å². The highest BCUT2D eigenvalue weighted by Crippen LogP contribution is 2.33. The minimum Gasteiger partial charge on any atom is -0.322 e. The molecule has 29 heavy (non-hydrogen) atoms. The smallest absolute Gasteiger partial charge is 0.322 e. The summed E-state index contributed by atoms with van der Waals surface area (Å²) in [6.07, 6.45) is -4.72. The van der Waals surface area contributed by atoms with Crippen LogP contribution in [-0.2, 0) is 12.6 Å². The van der Waals surface area contributed by atoms with Crippen LogP contribution in [0.25, 0.3) is 0 Å². The highest BCUT2D eigenvalue weighted by Gasteiger charge is 2.33. The van der Waals surface area contributed by atoms with Crippen molar-refractivity contribution >= 4 is 11.6 Å². The molecule has 7 heteroatoms. The number of benzene rings is 3. The Kier molecular flexibility index (Phi) is 5.68. The zero-order valence-corrected chi connectivity index (χ0v) is 15.3. The van der Waals surface area contributed by atoms with Crippen LogP contribution in [0.15, 0.2) is 60.7 Å². The fraction of sp³-hybridized carbons (Fsp3) is 0.136. The summed E-state index contributed by atoms with van der Waals surface area (Å²) < 4.78 is 66.7. The zero-order valence-electron chi connectivity index (χ0n) is 15.3. The number of hydrogen-bond donors (Lipinski definition) is 1. The van der Waals surface area contributed by atoms with E-state index in [-0.39, 0.29) is 17.5 Å². The molecule has 0 saturated carbocycles. The molecular weight excluding hydrogens is 389 g/mol. The minimum absolute atomic E-state index is 0.0776. The highest BCUT2D eigenvalue weighted by atomic mass is 19.4. The molecule has 0 aliphatic rings. The largest absolute Gasteiger partial charge is 0.416 e. The van der Waals surface area contributed by atoms with Crippen LogP contribution in [0.5, 0.6) is 0 Å². The Morgan fingerprint density at radius 3 is 2.28 bits per heavy atom. The number of carbonyl (C=O) groups is 1. The van der Waals surface area contributed by atoms with E-state index in [9.17, 15) is 26.7 Å². The Bertz CT molecular complexity index is 1020. The van der Waals surface area contributed by atoms with Gasteiger partial charge in [0.15, 0.2) is 0 Å². The molecule has 2 nitrogen and oxygen atoms in total. The van der Waals surface area contributed by atoms with E-state index in [1.54, 1.807) is 13.0 Å². The average Bonchev–Trinajstić information content (AvgIpc) is 2.62. The third-order valence-corrected chi connectivity index (χ3v) is 4.43. The highest BCUT2D eigenvalue weighted by molar-refractivity contribution is 6.05. The zero-order chi connectivity index (χ0) is 21.2. The first-order valence-electron chi connectivity index (χ1n) is 8.66. The second-order valence-electron chi connectivity index (χ2n) is 6.56. The van der Waals surface area contributed by atoms with E-state index in [1.165, 1.54) is 36.4 Å². The van der Waals surface area contributed by atoms with Gasteiger partial charge in [-0.25, -0.2) is 8.78 Å². The fourth-order valence-corrected chi connectivity index (χ4v) is 3.02. The number of amides is 1. The summed E-state index contributed by atoms with van der Waals surface area (Å²) in [5, 5.41) is 2.56. The maximum absolute atomic E-state index is 13.9. The average molecular weight is 405 g/mol. The fourth-order valence-electron chi connectivity index (χ4n) is 3.02. The molecule has 0 fully saturated rings. The number of nitrogens with one attached hydrogen (secondary N) is 1. The molecule has 0 radical (unpaired) electrons. The summed E-state index contributed by atoms with van der Waals surface area (Å²) in [7, 11) is 0. The first kappa shape index (κ1) is 20.5. The molecule has 0 aliphatic carbocycles. The Hall–Kier alpha value is -3.22. The van der Waals surface area contributed by atoms with Gasteiger partial charge in [-0.05, 0) is 66.4 Å². The quantitative estimate of drug-likeness (QED) is 0.520. The molecule has 3 rings (SSSR count). The SMILES string of the molecule is Cc1cccc(F)c1C(=O)Nc1ccc(Cc2cc(F)ccc2C(F)(F)F)cc1. The van der Waals surface area contributed by atoms with Crippen molar-refractivity contribution in [3.8, 4) is 0 Å². The molecule has 0 atom stereocenters. The lowest BCUT2D eigenvalue weighted by atomic mass is 9.99. The second kappa shape index (κ2) is 8.03. The van der Waals surface area contributed by atoms with Gasteiger partial charge in [0.2, 0.25) is 0 Å². The lowest BCUT2D eigenvalue weighted by Crippen LogP contribution is -2.15. The third-order valence-electron chi connectivity index (χ3n) is 4.43. The number of rotatable bonds is 4. The number of carbonyl (C=O) groups excluding carboxylic acids is 1. The summed E-state index contributed by atoms with van der Waals surface area (Å²) in [4.78, 5) is 12.3. The number of alkyl halides is 3. The molecular formula is C22H16F5NO. The molecule has 150 valence electrons. The third kappa shape index (κ3) is 4.80. The van der Waals surface area contributed by atoms with E-state index >= 15 is 0 Å². The van der Waals surface area contributed by atoms with Crippen molar-refractivity contribution in [2.75, 3.05) is 5.32 Å². The van der Waals surface area contributed by atoms with E-state index in [4.69, 9.17) is 0 Å². The van der Waals surface area contributed by atoms with Crippen molar-refractivity contribution in [2.24, 2.45) is 0 Å². The van der Waals surface area contributed by atoms with Crippen LogP contribution in [0.1, 0.15) is 32.6 Å². The monoisotopic (exact) mass is 405 g/mol. The topological polar surface area (TPSA) is 29.1 Å². The normalized spacial score (nSPS) is 11.4. The molecule has 1 amide bonds.